The molecule has 0 atom stereocenters. The molecule has 2 aliphatic heterocycles. The molecule has 102 valence electrons. The summed E-state index contributed by atoms with van der Waals surface area (Å²) in [6, 6.07) is 17.6. The van der Waals surface area contributed by atoms with Gasteiger partial charge in [0, 0.05) is 0 Å². The number of hydrogen-bond acceptors (Lipinski definition) is 1. The molecule has 2 heteroatoms. The van der Waals surface area contributed by atoms with Crippen molar-refractivity contribution >= 4 is 40.6 Å². The highest BCUT2D eigenvalue weighted by atomic mass is 15.0. The third-order valence-corrected chi connectivity index (χ3v) is 4.63. The zero-order valence-electron chi connectivity index (χ0n) is 12.1. The summed E-state index contributed by atoms with van der Waals surface area (Å²) < 4.78 is 0. The van der Waals surface area contributed by atoms with E-state index in [1.807, 2.05) is 0 Å². The largest absolute Gasteiger partial charge is 0.389 e. The van der Waals surface area contributed by atoms with Crippen LogP contribution < -0.4 is 10.4 Å². The monoisotopic (exact) mass is 279 g/mol. The second-order valence-corrected chi connectivity index (χ2v) is 5.91. The Kier molecular flexibility index (Phi) is 2.36. The van der Waals surface area contributed by atoms with Gasteiger partial charge in [0.15, 0.2) is 0 Å². The van der Waals surface area contributed by atoms with Gasteiger partial charge in [-0.3, -0.25) is 0 Å². The summed E-state index contributed by atoms with van der Waals surface area (Å²) >= 11 is 0. The second kappa shape index (κ2) is 4.38. The maximum absolute atomic E-state index is 2.38. The van der Waals surface area contributed by atoms with Crippen LogP contribution >= 0.6 is 0 Å². The van der Waals surface area contributed by atoms with E-state index in [1.54, 1.807) is 0 Å². The van der Waals surface area contributed by atoms with Crippen molar-refractivity contribution in [2.24, 2.45) is 0 Å². The van der Waals surface area contributed by atoms with Crippen molar-refractivity contribution in [1.29, 1.82) is 0 Å². The molecule has 0 aliphatic carbocycles. The molecule has 22 heavy (non-hydrogen) atoms. The average Bonchev–Trinajstić information content (AvgIpc) is 2.59. The lowest BCUT2D eigenvalue weighted by atomic mass is 9.58. The summed E-state index contributed by atoms with van der Waals surface area (Å²) in [6.45, 7) is 0.321. The molecule has 0 aromatic heterocycles. The number of fused-ring (bicyclic) bond motifs is 6. The molecule has 3 aromatic carbocycles. The fraction of sp³-hybridized carbons (Fsp3) is 0. The van der Waals surface area contributed by atoms with Crippen LogP contribution in [0.5, 0.6) is 0 Å². The molecule has 0 amide bonds. The summed E-state index contributed by atoms with van der Waals surface area (Å²) in [4.78, 5) is 2.26. The molecule has 5 rings (SSSR count). The first-order valence-corrected chi connectivity index (χ1v) is 7.67. The van der Waals surface area contributed by atoms with E-state index in [0.717, 1.165) is 0 Å². The fourth-order valence-electron chi connectivity index (χ4n) is 3.56. The molecule has 0 unspecified atom stereocenters. The van der Waals surface area contributed by atoms with E-state index in [2.05, 4.69) is 89.8 Å². The first-order valence-electron chi connectivity index (χ1n) is 7.67. The van der Waals surface area contributed by atoms with E-state index in [0.29, 0.717) is 6.85 Å². The van der Waals surface area contributed by atoms with E-state index < -0.39 is 0 Å². The van der Waals surface area contributed by atoms with Crippen molar-refractivity contribution in [2.45, 2.75) is 0 Å². The van der Waals surface area contributed by atoms with Gasteiger partial charge in [-0.2, -0.15) is 0 Å². The van der Waals surface area contributed by atoms with Gasteiger partial charge in [-0.1, -0.05) is 66.6 Å². The van der Waals surface area contributed by atoms with Crippen LogP contribution in [0.15, 0.2) is 72.9 Å². The highest BCUT2D eigenvalue weighted by Gasteiger charge is 2.19. The topological polar surface area (TPSA) is 3.24 Å². The van der Waals surface area contributed by atoms with Crippen LogP contribution in [0.25, 0.3) is 33.7 Å². The van der Waals surface area contributed by atoms with Crippen molar-refractivity contribution in [3.63, 3.8) is 0 Å². The third-order valence-electron chi connectivity index (χ3n) is 4.63. The number of nitrogens with zero attached hydrogens (tertiary/aromatic N) is 1. The first kappa shape index (κ1) is 11.9. The number of hydrogen-bond donors (Lipinski definition) is 0. The molecule has 0 N–H and O–H groups in total. The smallest absolute Gasteiger partial charge is 0.312 e. The predicted octanol–water partition coefficient (Wildman–Crippen LogP) is 2.98. The van der Waals surface area contributed by atoms with Crippen LogP contribution in [-0.4, -0.2) is 11.7 Å². The van der Waals surface area contributed by atoms with E-state index in [9.17, 15) is 0 Å². The molecule has 2 aliphatic rings. The Morgan fingerprint density at radius 3 is 2.68 bits per heavy atom. The van der Waals surface area contributed by atoms with Gasteiger partial charge in [0.2, 0.25) is 0 Å². The summed E-state index contributed by atoms with van der Waals surface area (Å²) in [7, 11) is 0. The predicted molar refractivity (Wildman–Crippen MR) is 95.5 cm³/mol. The Balaban J connectivity index is 1.99. The van der Waals surface area contributed by atoms with E-state index in [-0.39, 0.29) is 0 Å². The Morgan fingerprint density at radius 1 is 0.818 bits per heavy atom. The zero-order chi connectivity index (χ0) is 14.5. The quantitative estimate of drug-likeness (QED) is 0.451. The van der Waals surface area contributed by atoms with Gasteiger partial charge in [-0.15, -0.1) is 0 Å². The van der Waals surface area contributed by atoms with Crippen LogP contribution in [0.4, 0.5) is 0 Å². The molecule has 0 saturated heterocycles. The molecular formula is C20H14BN. The first-order chi connectivity index (χ1) is 10.9. The van der Waals surface area contributed by atoms with Gasteiger partial charge in [-0.25, -0.2) is 0 Å². The SMILES string of the molecule is C1=CB2C=c3c(ccc4ccc5ccccc5c34)=CN2C=C1. The van der Waals surface area contributed by atoms with Crippen molar-refractivity contribution in [2.75, 3.05) is 0 Å². The Labute approximate surface area is 129 Å². The van der Waals surface area contributed by atoms with Gasteiger partial charge < -0.3 is 4.81 Å². The van der Waals surface area contributed by atoms with E-state index in [4.69, 9.17) is 0 Å². The van der Waals surface area contributed by atoms with Gasteiger partial charge >= 0.3 is 6.85 Å². The zero-order valence-corrected chi connectivity index (χ0v) is 12.1. The second-order valence-electron chi connectivity index (χ2n) is 5.91. The van der Waals surface area contributed by atoms with Gasteiger partial charge in [0.1, 0.15) is 0 Å². The van der Waals surface area contributed by atoms with E-state index in [1.165, 1.54) is 32.0 Å². The number of benzene rings is 3. The normalized spacial score (nSPS) is 15.5. The minimum atomic E-state index is 0.321. The van der Waals surface area contributed by atoms with Crippen molar-refractivity contribution in [1.82, 2.24) is 4.81 Å². The van der Waals surface area contributed by atoms with Crippen molar-refractivity contribution in [3.05, 3.63) is 83.3 Å². The summed E-state index contributed by atoms with van der Waals surface area (Å²) in [5.41, 5.74) is 0. The molecule has 0 radical (unpaired) electrons. The number of rotatable bonds is 0. The maximum atomic E-state index is 2.38. The molecule has 1 nitrogen and oxygen atoms in total. The summed E-state index contributed by atoms with van der Waals surface area (Å²) in [5, 5.41) is 7.97. The molecule has 0 spiro atoms. The van der Waals surface area contributed by atoms with Crippen molar-refractivity contribution < 1.29 is 0 Å². The van der Waals surface area contributed by atoms with Gasteiger partial charge in [0.05, 0.1) is 0 Å². The van der Waals surface area contributed by atoms with E-state index >= 15 is 0 Å². The molecule has 0 bridgehead atoms. The maximum Gasteiger partial charge on any atom is 0.312 e. The lowest BCUT2D eigenvalue weighted by Gasteiger charge is -2.25. The summed E-state index contributed by atoms with van der Waals surface area (Å²) in [6.07, 6.45) is 8.60. The Morgan fingerprint density at radius 2 is 1.68 bits per heavy atom. The lowest BCUT2D eigenvalue weighted by molar-refractivity contribution is 0.858. The molecule has 0 saturated carbocycles. The van der Waals surface area contributed by atoms with Crippen LogP contribution in [-0.2, 0) is 0 Å². The van der Waals surface area contributed by atoms with Crippen LogP contribution in [0.3, 0.4) is 0 Å². The van der Waals surface area contributed by atoms with Gasteiger partial charge in [-0.05, 0) is 50.5 Å². The standard InChI is InChI=1S/C20H14BN/c1-2-6-18-15(5-1)7-8-16-9-10-17-14-22-12-4-3-11-21(22)13-19(17)20(16)18/h1-14H. The highest BCUT2D eigenvalue weighted by molar-refractivity contribution is 6.76. The van der Waals surface area contributed by atoms with Crippen LogP contribution in [0, 0.1) is 0 Å². The van der Waals surface area contributed by atoms with Crippen LogP contribution in [0.2, 0.25) is 0 Å². The number of allylic oxidation sites excluding steroid dienone is 2. The summed E-state index contributed by atoms with van der Waals surface area (Å²) in [5.74, 6) is 4.62. The van der Waals surface area contributed by atoms with Crippen LogP contribution in [0.1, 0.15) is 0 Å². The third kappa shape index (κ3) is 1.61. The Bertz CT molecular complexity index is 1090. The minimum absolute atomic E-state index is 0.321. The molecule has 3 aromatic rings. The Hall–Kier alpha value is -2.74. The van der Waals surface area contributed by atoms with Crippen molar-refractivity contribution in [3.8, 4) is 0 Å². The molecule has 2 heterocycles. The van der Waals surface area contributed by atoms with Gasteiger partial charge in [0.25, 0.3) is 0 Å². The minimum Gasteiger partial charge on any atom is -0.389 e. The molecule has 0 fully saturated rings. The molecular weight excluding hydrogens is 265 g/mol. The lowest BCUT2D eigenvalue weighted by Crippen LogP contribution is -2.42. The fourth-order valence-corrected chi connectivity index (χ4v) is 3.56. The average molecular weight is 279 g/mol. The highest BCUT2D eigenvalue weighted by Crippen LogP contribution is 2.22.